The van der Waals surface area contributed by atoms with E-state index in [2.05, 4.69) is 20.5 Å². The maximum Gasteiger partial charge on any atom is 0.255 e. The van der Waals surface area contributed by atoms with Crippen molar-refractivity contribution in [3.8, 4) is 0 Å². The lowest BCUT2D eigenvalue weighted by atomic mass is 9.94. The first kappa shape index (κ1) is 18.4. The summed E-state index contributed by atoms with van der Waals surface area (Å²) in [5.41, 5.74) is 3.01. The number of aryl methyl sites for hydroxylation is 1. The zero-order valence-electron chi connectivity index (χ0n) is 15.6. The fourth-order valence-electron chi connectivity index (χ4n) is 3.74. The van der Waals surface area contributed by atoms with Gasteiger partial charge >= 0.3 is 0 Å². The van der Waals surface area contributed by atoms with E-state index in [1.807, 2.05) is 37.3 Å². The lowest BCUT2D eigenvalue weighted by Crippen LogP contribution is -2.39. The summed E-state index contributed by atoms with van der Waals surface area (Å²) >= 11 is 6.00. The standard InChI is InChI=1S/C20H20ClN5O2/c1-11-16-7-14(8-22-19(16)25-24-11)20(28)26-9-17(18(10-26)23-12(2)27)13-3-5-15(21)6-4-13/h3-8,17-18H,9-10H2,1-2H3,(H,23,27)(H,22,24,25). The minimum absolute atomic E-state index is 0.00234. The van der Waals surface area contributed by atoms with Gasteiger partial charge < -0.3 is 10.2 Å². The van der Waals surface area contributed by atoms with Gasteiger partial charge in [0.25, 0.3) is 5.91 Å². The molecule has 3 heterocycles. The van der Waals surface area contributed by atoms with Gasteiger partial charge in [-0.2, -0.15) is 5.10 Å². The van der Waals surface area contributed by atoms with E-state index in [9.17, 15) is 9.59 Å². The van der Waals surface area contributed by atoms with Crippen molar-refractivity contribution in [2.75, 3.05) is 13.1 Å². The molecule has 0 saturated carbocycles. The second kappa shape index (κ2) is 7.24. The normalized spacial score (nSPS) is 19.2. The van der Waals surface area contributed by atoms with Gasteiger partial charge in [0.1, 0.15) is 0 Å². The van der Waals surface area contributed by atoms with Crippen molar-refractivity contribution >= 4 is 34.4 Å². The molecular formula is C20H20ClN5O2. The fourth-order valence-corrected chi connectivity index (χ4v) is 3.87. The van der Waals surface area contributed by atoms with Crippen molar-refractivity contribution < 1.29 is 9.59 Å². The lowest BCUT2D eigenvalue weighted by molar-refractivity contribution is -0.119. The van der Waals surface area contributed by atoms with Gasteiger partial charge in [0.05, 0.1) is 11.6 Å². The number of rotatable bonds is 3. The van der Waals surface area contributed by atoms with E-state index >= 15 is 0 Å². The van der Waals surface area contributed by atoms with Crippen LogP contribution in [0.25, 0.3) is 11.0 Å². The van der Waals surface area contributed by atoms with Crippen LogP contribution in [-0.2, 0) is 4.79 Å². The van der Waals surface area contributed by atoms with Gasteiger partial charge in [-0.25, -0.2) is 4.98 Å². The summed E-state index contributed by atoms with van der Waals surface area (Å²) in [6.07, 6.45) is 1.55. The number of amides is 2. The Morgan fingerprint density at radius 3 is 2.71 bits per heavy atom. The quantitative estimate of drug-likeness (QED) is 0.710. The van der Waals surface area contributed by atoms with Crippen LogP contribution in [0.5, 0.6) is 0 Å². The minimum Gasteiger partial charge on any atom is -0.351 e. The molecule has 2 atom stereocenters. The number of hydrogen-bond acceptors (Lipinski definition) is 4. The Labute approximate surface area is 167 Å². The number of likely N-dealkylation sites (tertiary alicyclic amines) is 1. The third-order valence-electron chi connectivity index (χ3n) is 5.14. The second-order valence-electron chi connectivity index (χ2n) is 7.12. The van der Waals surface area contributed by atoms with Gasteiger partial charge in [0.15, 0.2) is 5.65 Å². The van der Waals surface area contributed by atoms with Crippen molar-refractivity contribution in [1.82, 2.24) is 25.4 Å². The summed E-state index contributed by atoms with van der Waals surface area (Å²) < 4.78 is 0. The van der Waals surface area contributed by atoms with Crippen molar-refractivity contribution in [1.29, 1.82) is 0 Å². The summed E-state index contributed by atoms with van der Waals surface area (Å²) in [5, 5.41) is 11.4. The molecule has 28 heavy (non-hydrogen) atoms. The predicted octanol–water partition coefficient (Wildman–Crippen LogP) is 2.66. The number of carbonyl (C=O) groups excluding carboxylic acids is 2. The highest BCUT2D eigenvalue weighted by Crippen LogP contribution is 2.30. The van der Waals surface area contributed by atoms with Crippen LogP contribution in [0.15, 0.2) is 36.5 Å². The average Bonchev–Trinajstić information content (AvgIpc) is 3.25. The van der Waals surface area contributed by atoms with E-state index in [-0.39, 0.29) is 23.8 Å². The van der Waals surface area contributed by atoms with E-state index in [0.717, 1.165) is 16.6 Å². The molecular weight excluding hydrogens is 378 g/mol. The Morgan fingerprint density at radius 2 is 2.00 bits per heavy atom. The summed E-state index contributed by atoms with van der Waals surface area (Å²) in [4.78, 5) is 30.8. The Balaban J connectivity index is 1.61. The van der Waals surface area contributed by atoms with Crippen molar-refractivity contribution in [2.45, 2.75) is 25.8 Å². The van der Waals surface area contributed by atoms with Crippen LogP contribution in [0.2, 0.25) is 5.02 Å². The SMILES string of the molecule is CC(=O)NC1CN(C(=O)c2cnc3n[nH]c(C)c3c2)CC1c1ccc(Cl)cc1. The molecule has 7 nitrogen and oxygen atoms in total. The molecule has 2 amide bonds. The number of nitrogens with zero attached hydrogens (tertiary/aromatic N) is 3. The Kier molecular flexibility index (Phi) is 4.77. The zero-order valence-corrected chi connectivity index (χ0v) is 16.3. The van der Waals surface area contributed by atoms with Gasteiger partial charge in [-0.05, 0) is 30.7 Å². The van der Waals surface area contributed by atoms with Crippen molar-refractivity contribution in [2.24, 2.45) is 0 Å². The minimum atomic E-state index is -0.157. The summed E-state index contributed by atoms with van der Waals surface area (Å²) in [5.74, 6) is -0.227. The number of nitrogens with one attached hydrogen (secondary N) is 2. The molecule has 144 valence electrons. The lowest BCUT2D eigenvalue weighted by Gasteiger charge is -2.19. The van der Waals surface area contributed by atoms with Crippen LogP contribution in [0.3, 0.4) is 0 Å². The number of halogens is 1. The first-order valence-electron chi connectivity index (χ1n) is 9.05. The molecule has 0 spiro atoms. The van der Waals surface area contributed by atoms with Gasteiger partial charge in [-0.3, -0.25) is 14.7 Å². The molecule has 8 heteroatoms. The van der Waals surface area contributed by atoms with Gasteiger partial charge in [-0.1, -0.05) is 23.7 Å². The molecule has 0 bridgehead atoms. The number of aromatic amines is 1. The highest BCUT2D eigenvalue weighted by atomic mass is 35.5. The number of carbonyl (C=O) groups is 2. The molecule has 1 aliphatic heterocycles. The summed E-state index contributed by atoms with van der Waals surface area (Å²) in [6, 6.07) is 9.19. The first-order valence-corrected chi connectivity index (χ1v) is 9.42. The molecule has 1 aliphatic rings. The zero-order chi connectivity index (χ0) is 19.8. The van der Waals surface area contributed by atoms with Crippen LogP contribution in [0.4, 0.5) is 0 Å². The van der Waals surface area contributed by atoms with E-state index in [1.54, 1.807) is 11.1 Å². The van der Waals surface area contributed by atoms with E-state index in [4.69, 9.17) is 11.6 Å². The third-order valence-corrected chi connectivity index (χ3v) is 5.39. The second-order valence-corrected chi connectivity index (χ2v) is 7.56. The van der Waals surface area contributed by atoms with Crippen LogP contribution >= 0.6 is 11.6 Å². The Morgan fingerprint density at radius 1 is 1.25 bits per heavy atom. The maximum atomic E-state index is 13.1. The number of aromatic nitrogens is 3. The van der Waals surface area contributed by atoms with Crippen LogP contribution in [0, 0.1) is 6.92 Å². The number of H-pyrrole nitrogens is 1. The molecule has 2 unspecified atom stereocenters. The fraction of sp³-hybridized carbons (Fsp3) is 0.300. The molecule has 0 radical (unpaired) electrons. The monoisotopic (exact) mass is 397 g/mol. The summed E-state index contributed by atoms with van der Waals surface area (Å²) in [7, 11) is 0. The topological polar surface area (TPSA) is 91.0 Å². The maximum absolute atomic E-state index is 13.1. The largest absolute Gasteiger partial charge is 0.351 e. The van der Waals surface area contributed by atoms with E-state index in [0.29, 0.717) is 29.3 Å². The van der Waals surface area contributed by atoms with E-state index < -0.39 is 0 Å². The Hall–Kier alpha value is -2.93. The smallest absolute Gasteiger partial charge is 0.255 e. The molecule has 4 rings (SSSR count). The highest BCUT2D eigenvalue weighted by Gasteiger charge is 2.37. The molecule has 2 aromatic heterocycles. The number of benzene rings is 1. The molecule has 1 fully saturated rings. The van der Waals surface area contributed by atoms with Crippen LogP contribution in [0.1, 0.15) is 34.5 Å². The summed E-state index contributed by atoms with van der Waals surface area (Å²) in [6.45, 7) is 4.33. The van der Waals surface area contributed by atoms with Crippen LogP contribution < -0.4 is 5.32 Å². The van der Waals surface area contributed by atoms with E-state index in [1.165, 1.54) is 6.92 Å². The first-order chi connectivity index (χ1) is 13.4. The van der Waals surface area contributed by atoms with Crippen molar-refractivity contribution in [3.63, 3.8) is 0 Å². The number of fused-ring (bicyclic) bond motifs is 1. The molecule has 1 aromatic carbocycles. The Bertz CT molecular complexity index is 1050. The van der Waals surface area contributed by atoms with Gasteiger partial charge in [-0.15, -0.1) is 0 Å². The molecule has 1 saturated heterocycles. The molecule has 0 aliphatic carbocycles. The molecule has 3 aromatic rings. The van der Waals surface area contributed by atoms with Gasteiger partial charge in [0, 0.05) is 48.2 Å². The number of hydrogen-bond donors (Lipinski definition) is 2. The average molecular weight is 398 g/mol. The number of pyridine rings is 1. The predicted molar refractivity (Wildman–Crippen MR) is 106 cm³/mol. The van der Waals surface area contributed by atoms with Crippen LogP contribution in [-0.4, -0.2) is 51.0 Å². The third kappa shape index (κ3) is 3.45. The van der Waals surface area contributed by atoms with Crippen molar-refractivity contribution in [3.05, 3.63) is 58.4 Å². The van der Waals surface area contributed by atoms with Gasteiger partial charge in [0.2, 0.25) is 5.91 Å². The highest BCUT2D eigenvalue weighted by molar-refractivity contribution is 6.30. The molecule has 2 N–H and O–H groups in total.